The van der Waals surface area contributed by atoms with Gasteiger partial charge in [0, 0.05) is 64.0 Å². The summed E-state index contributed by atoms with van der Waals surface area (Å²) in [6.07, 6.45) is 1.47. The van der Waals surface area contributed by atoms with Gasteiger partial charge in [0.15, 0.2) is 0 Å². The molecule has 1 N–H and O–H groups in total. The minimum absolute atomic E-state index is 0.417. The summed E-state index contributed by atoms with van der Waals surface area (Å²) < 4.78 is 51.7. The third kappa shape index (κ3) is 6.65. The van der Waals surface area contributed by atoms with E-state index in [0.717, 1.165) is 0 Å². The van der Waals surface area contributed by atoms with E-state index < -0.39 is 49.4 Å². The highest BCUT2D eigenvalue weighted by Crippen LogP contribution is 2.30. The molecule has 3 unspecified atom stereocenters. The third-order valence-electron chi connectivity index (χ3n) is 6.19. The first-order chi connectivity index (χ1) is 16.2. The van der Waals surface area contributed by atoms with Crippen molar-refractivity contribution in [1.82, 2.24) is 10.2 Å². The van der Waals surface area contributed by atoms with Gasteiger partial charge in [0.05, 0.1) is 0 Å². The molecule has 34 heavy (non-hydrogen) atoms. The molecular weight excluding hydrogens is 500 g/mol. The summed E-state index contributed by atoms with van der Waals surface area (Å²) in [5, 5.41) is 3.06. The second-order valence-electron chi connectivity index (χ2n) is 7.31. The van der Waals surface area contributed by atoms with Gasteiger partial charge in [-0.3, -0.25) is 0 Å². The van der Waals surface area contributed by atoms with Crippen LogP contribution in [0.3, 0.4) is 0 Å². The molecular formula is C19H46N2O10Si3. The summed E-state index contributed by atoms with van der Waals surface area (Å²) in [6, 6.07) is -0.417. The predicted octanol–water partition coefficient (Wildman–Crippen LogP) is 1.59. The summed E-state index contributed by atoms with van der Waals surface area (Å²) >= 11 is 0. The van der Waals surface area contributed by atoms with Gasteiger partial charge < -0.3 is 50.1 Å². The maximum atomic E-state index is 14.1. The second kappa shape index (κ2) is 15.6. The zero-order valence-corrected chi connectivity index (χ0v) is 25.9. The van der Waals surface area contributed by atoms with Crippen LogP contribution in [0.2, 0.25) is 0 Å². The number of nitrogens with zero attached hydrogens (tertiary/aromatic N) is 1. The summed E-state index contributed by atoms with van der Waals surface area (Å²) in [4.78, 5) is 15.7. The summed E-state index contributed by atoms with van der Waals surface area (Å²) in [7, 11) is 3.67. The number of carbonyl (C=O) groups excluding carboxylic acids is 1. The molecule has 0 aromatic carbocycles. The van der Waals surface area contributed by atoms with Crippen molar-refractivity contribution in [2.24, 2.45) is 0 Å². The fraction of sp³-hybridized carbons (Fsp3) is 0.947. The lowest BCUT2D eigenvalue weighted by atomic mass is 10.3. The van der Waals surface area contributed by atoms with Crippen LogP contribution in [0.25, 0.3) is 0 Å². The van der Waals surface area contributed by atoms with Crippen LogP contribution in [-0.4, -0.2) is 118 Å². The highest BCUT2D eigenvalue weighted by atomic mass is 28.4. The van der Waals surface area contributed by atoms with Crippen LogP contribution in [0.15, 0.2) is 0 Å². The van der Waals surface area contributed by atoms with Crippen LogP contribution in [0.1, 0.15) is 40.0 Å². The minimum Gasteiger partial charge on any atom is -0.376 e. The van der Waals surface area contributed by atoms with E-state index in [4.69, 9.17) is 39.8 Å². The van der Waals surface area contributed by atoms with Crippen molar-refractivity contribution >= 4 is 32.4 Å². The van der Waals surface area contributed by atoms with E-state index in [2.05, 4.69) is 5.32 Å². The molecule has 0 aliphatic carbocycles. The number of nitrogens with one attached hydrogen (secondary N) is 1. The maximum Gasteiger partial charge on any atom is 0.524 e. The average molecular weight is 547 g/mol. The van der Waals surface area contributed by atoms with Gasteiger partial charge in [0.25, 0.3) is 0 Å². The Morgan fingerprint density at radius 1 is 0.588 bits per heavy atom. The fourth-order valence-electron chi connectivity index (χ4n) is 4.39. The summed E-state index contributed by atoms with van der Waals surface area (Å²) in [6.45, 7) is 5.78. The maximum absolute atomic E-state index is 14.1. The van der Waals surface area contributed by atoms with Crippen molar-refractivity contribution < 1.29 is 44.6 Å². The van der Waals surface area contributed by atoms with E-state index >= 15 is 0 Å². The molecule has 12 nitrogen and oxygen atoms in total. The first-order valence-electron chi connectivity index (χ1n) is 11.2. The molecule has 204 valence electrons. The van der Waals surface area contributed by atoms with Crippen molar-refractivity contribution in [3.63, 3.8) is 0 Å². The predicted molar refractivity (Wildman–Crippen MR) is 133 cm³/mol. The Morgan fingerprint density at radius 2 is 0.882 bits per heavy atom. The van der Waals surface area contributed by atoms with E-state index in [9.17, 15) is 4.79 Å². The van der Waals surface area contributed by atoms with Gasteiger partial charge in [-0.25, -0.2) is 4.79 Å². The van der Waals surface area contributed by atoms with Gasteiger partial charge in [-0.05, 0) is 19.3 Å². The van der Waals surface area contributed by atoms with E-state index in [-0.39, 0.29) is 0 Å². The first-order valence-corrected chi connectivity index (χ1v) is 16.6. The monoisotopic (exact) mass is 546 g/mol. The minimum atomic E-state index is -3.36. The van der Waals surface area contributed by atoms with Crippen molar-refractivity contribution in [3.8, 4) is 0 Å². The highest BCUT2D eigenvalue weighted by molar-refractivity contribution is 6.65. The smallest absolute Gasteiger partial charge is 0.376 e. The Balaban J connectivity index is 6.84. The lowest BCUT2D eigenvalue weighted by Gasteiger charge is -2.46. The number of hydrogen-bond acceptors (Lipinski definition) is 10. The zero-order chi connectivity index (χ0) is 26.6. The van der Waals surface area contributed by atoms with Crippen LogP contribution in [-0.2, 0) is 39.8 Å². The SMILES string of the molecule is CCC(NC(=O)N(C(CC)[Si](OC)(OC)OC)C(CC)[Si](OC)(OC)OC)[Si](OC)(OC)OC. The Hall–Kier alpha value is -0.439. The Morgan fingerprint density at radius 3 is 1.09 bits per heavy atom. The second-order valence-corrected chi connectivity index (χ2v) is 16.6. The van der Waals surface area contributed by atoms with Crippen LogP contribution in [0.4, 0.5) is 4.79 Å². The van der Waals surface area contributed by atoms with Gasteiger partial charge in [0.2, 0.25) is 0 Å². The van der Waals surface area contributed by atoms with Gasteiger partial charge in [-0.15, -0.1) is 0 Å². The van der Waals surface area contributed by atoms with E-state index in [1.165, 1.54) is 64.0 Å². The normalized spacial score (nSPS) is 15.6. The molecule has 0 aliphatic rings. The van der Waals surface area contributed by atoms with Crippen LogP contribution >= 0.6 is 0 Å². The molecule has 0 fully saturated rings. The number of urea groups is 1. The first kappa shape index (κ1) is 33.6. The molecule has 0 saturated carbocycles. The molecule has 0 heterocycles. The van der Waals surface area contributed by atoms with Gasteiger partial charge >= 0.3 is 32.4 Å². The summed E-state index contributed by atoms with van der Waals surface area (Å²) in [5.74, 6) is 0. The Labute approximate surface area is 208 Å². The fourth-order valence-corrected chi connectivity index (χ4v) is 11.6. The number of rotatable bonds is 18. The van der Waals surface area contributed by atoms with Gasteiger partial charge in [0.1, 0.15) is 17.0 Å². The number of carbonyl (C=O) groups is 1. The van der Waals surface area contributed by atoms with E-state index in [0.29, 0.717) is 19.3 Å². The van der Waals surface area contributed by atoms with Crippen molar-refractivity contribution in [2.45, 2.75) is 57.0 Å². The molecule has 0 bridgehead atoms. The molecule has 15 heteroatoms. The van der Waals surface area contributed by atoms with E-state index in [1.54, 1.807) is 4.90 Å². The molecule has 3 atom stereocenters. The van der Waals surface area contributed by atoms with Crippen LogP contribution < -0.4 is 5.32 Å². The van der Waals surface area contributed by atoms with Crippen molar-refractivity contribution in [1.29, 1.82) is 0 Å². The van der Waals surface area contributed by atoms with Crippen LogP contribution in [0, 0.1) is 0 Å². The topological polar surface area (TPSA) is 115 Å². The molecule has 0 radical (unpaired) electrons. The standard InChI is InChI=1S/C19H46N2O10Si3/c1-13-16(32(23-4,24-5)25-6)20-19(22)21(17(14-2)33(26-7,27-8)28-9)18(15-3)34(29-10,30-11)31-12/h16-18H,13-15H2,1-12H3,(H,20,22). The van der Waals surface area contributed by atoms with Gasteiger partial charge in [-0.2, -0.15) is 0 Å². The molecule has 0 rings (SSSR count). The lowest BCUT2D eigenvalue weighted by molar-refractivity contribution is 0.0460. The molecule has 0 aromatic heterocycles. The zero-order valence-electron chi connectivity index (χ0n) is 22.9. The number of hydrogen-bond donors (Lipinski definition) is 1. The average Bonchev–Trinajstić information content (AvgIpc) is 2.89. The number of amides is 2. The molecule has 0 aromatic rings. The Bertz CT molecular complexity index is 528. The molecule has 0 saturated heterocycles. The molecule has 0 spiro atoms. The van der Waals surface area contributed by atoms with Crippen molar-refractivity contribution in [3.05, 3.63) is 0 Å². The van der Waals surface area contributed by atoms with E-state index in [1.807, 2.05) is 20.8 Å². The third-order valence-corrected chi connectivity index (χ3v) is 15.7. The Kier molecular flexibility index (Phi) is 15.4. The largest absolute Gasteiger partial charge is 0.524 e. The summed E-state index contributed by atoms with van der Waals surface area (Å²) in [5.41, 5.74) is -1.68. The van der Waals surface area contributed by atoms with Crippen molar-refractivity contribution in [2.75, 3.05) is 64.0 Å². The highest BCUT2D eigenvalue weighted by Gasteiger charge is 2.60. The molecule has 2 amide bonds. The quantitative estimate of drug-likeness (QED) is 0.254. The van der Waals surface area contributed by atoms with Crippen LogP contribution in [0.5, 0.6) is 0 Å². The molecule has 0 aliphatic heterocycles. The lowest BCUT2D eigenvalue weighted by Crippen LogP contribution is -2.73. The van der Waals surface area contributed by atoms with Gasteiger partial charge in [-0.1, -0.05) is 20.8 Å².